The molecule has 1 aromatic heterocycles. The third kappa shape index (κ3) is 4.31. The van der Waals surface area contributed by atoms with Gasteiger partial charge < -0.3 is 10.4 Å². The van der Waals surface area contributed by atoms with Gasteiger partial charge >= 0.3 is 5.97 Å². The quantitative estimate of drug-likeness (QED) is 0.779. The summed E-state index contributed by atoms with van der Waals surface area (Å²) in [5.41, 5.74) is 0.909. The van der Waals surface area contributed by atoms with E-state index in [1.165, 1.54) is 6.33 Å². The molecular weight excluding hydrogens is 230 g/mol. The third-order valence-electron chi connectivity index (χ3n) is 2.75. The number of nitrogens with zero attached hydrogens (tertiary/aromatic N) is 2. The second-order valence-electron chi connectivity index (χ2n) is 4.66. The average Bonchev–Trinajstić information content (AvgIpc) is 2.34. The second kappa shape index (κ2) is 6.93. The first kappa shape index (κ1) is 14.4. The molecule has 5 nitrogen and oxygen atoms in total. The van der Waals surface area contributed by atoms with Gasteiger partial charge in [-0.1, -0.05) is 33.6 Å². The maximum absolute atomic E-state index is 11.1. The summed E-state index contributed by atoms with van der Waals surface area (Å²) in [4.78, 5) is 19.3. The average molecular weight is 251 g/mol. The third-order valence-corrected chi connectivity index (χ3v) is 2.75. The van der Waals surface area contributed by atoms with Crippen molar-refractivity contribution in [2.45, 2.75) is 52.0 Å². The van der Waals surface area contributed by atoms with Crippen LogP contribution in [0.3, 0.4) is 0 Å². The number of nitrogens with one attached hydrogen (secondary N) is 1. The molecule has 100 valence electrons. The van der Waals surface area contributed by atoms with Gasteiger partial charge in [0.15, 0.2) is 0 Å². The van der Waals surface area contributed by atoms with Gasteiger partial charge in [0.25, 0.3) is 0 Å². The minimum atomic E-state index is -0.840. The number of hydrogen-bond acceptors (Lipinski definition) is 4. The Morgan fingerprint density at radius 2 is 2.17 bits per heavy atom. The molecule has 0 aliphatic carbocycles. The molecule has 5 heteroatoms. The lowest BCUT2D eigenvalue weighted by atomic mass is 10.1. The van der Waals surface area contributed by atoms with E-state index in [1.807, 2.05) is 26.8 Å². The molecule has 0 aliphatic heterocycles. The van der Waals surface area contributed by atoms with Crippen LogP contribution < -0.4 is 5.32 Å². The van der Waals surface area contributed by atoms with Gasteiger partial charge in [0.2, 0.25) is 0 Å². The summed E-state index contributed by atoms with van der Waals surface area (Å²) < 4.78 is 0. The van der Waals surface area contributed by atoms with E-state index in [4.69, 9.17) is 5.11 Å². The molecule has 1 heterocycles. The summed E-state index contributed by atoms with van der Waals surface area (Å²) in [5, 5.41) is 12.1. The van der Waals surface area contributed by atoms with Crippen molar-refractivity contribution in [2.24, 2.45) is 0 Å². The summed E-state index contributed by atoms with van der Waals surface area (Å²) in [7, 11) is 0. The molecule has 0 saturated carbocycles. The fraction of sp³-hybridized carbons (Fsp3) is 0.615. The van der Waals surface area contributed by atoms with Crippen molar-refractivity contribution in [2.75, 3.05) is 5.32 Å². The van der Waals surface area contributed by atoms with Gasteiger partial charge in [-0.3, -0.25) is 0 Å². The molecule has 0 spiro atoms. The summed E-state index contributed by atoms with van der Waals surface area (Å²) in [5.74, 6) is 0.0397. The fourth-order valence-electron chi connectivity index (χ4n) is 1.61. The largest absolute Gasteiger partial charge is 0.480 e. The molecule has 1 aromatic rings. The van der Waals surface area contributed by atoms with Gasteiger partial charge in [-0.05, 0) is 12.3 Å². The van der Waals surface area contributed by atoms with Crippen molar-refractivity contribution in [1.82, 2.24) is 9.97 Å². The van der Waals surface area contributed by atoms with E-state index in [2.05, 4.69) is 15.3 Å². The van der Waals surface area contributed by atoms with Crippen LogP contribution in [0.4, 0.5) is 5.82 Å². The first-order chi connectivity index (χ1) is 8.54. The van der Waals surface area contributed by atoms with Crippen LogP contribution in [0.1, 0.15) is 51.6 Å². The maximum atomic E-state index is 11.1. The molecule has 0 unspecified atom stereocenters. The molecule has 18 heavy (non-hydrogen) atoms. The first-order valence-corrected chi connectivity index (χ1v) is 6.35. The Hall–Kier alpha value is -1.65. The minimum absolute atomic E-state index is 0.299. The molecule has 0 saturated heterocycles. The Labute approximate surface area is 108 Å². The van der Waals surface area contributed by atoms with E-state index in [0.717, 1.165) is 18.5 Å². The number of aliphatic carboxylic acids is 1. The van der Waals surface area contributed by atoms with Crippen molar-refractivity contribution in [3.63, 3.8) is 0 Å². The van der Waals surface area contributed by atoms with E-state index in [1.54, 1.807) is 0 Å². The zero-order chi connectivity index (χ0) is 13.5. The van der Waals surface area contributed by atoms with Gasteiger partial charge in [0, 0.05) is 11.8 Å². The van der Waals surface area contributed by atoms with Gasteiger partial charge in [-0.2, -0.15) is 0 Å². The highest BCUT2D eigenvalue weighted by Crippen LogP contribution is 2.15. The second-order valence-corrected chi connectivity index (χ2v) is 4.66. The number of carboxylic acid groups (broad SMARTS) is 1. The molecule has 0 bridgehead atoms. The monoisotopic (exact) mass is 251 g/mol. The lowest BCUT2D eigenvalue weighted by Gasteiger charge is -2.15. The maximum Gasteiger partial charge on any atom is 0.326 e. The van der Waals surface area contributed by atoms with Crippen LogP contribution in [0.15, 0.2) is 12.4 Å². The molecule has 0 aromatic carbocycles. The Kier molecular flexibility index (Phi) is 5.55. The van der Waals surface area contributed by atoms with Crippen LogP contribution in [0, 0.1) is 0 Å². The van der Waals surface area contributed by atoms with E-state index in [0.29, 0.717) is 18.2 Å². The van der Waals surface area contributed by atoms with Gasteiger partial charge in [-0.25, -0.2) is 14.8 Å². The Morgan fingerprint density at radius 3 is 2.72 bits per heavy atom. The molecular formula is C13H21N3O2. The lowest BCUT2D eigenvalue weighted by molar-refractivity contribution is -0.138. The van der Waals surface area contributed by atoms with E-state index in [9.17, 15) is 4.79 Å². The highest BCUT2D eigenvalue weighted by atomic mass is 16.4. The zero-order valence-electron chi connectivity index (χ0n) is 11.2. The Balaban J connectivity index is 2.74. The van der Waals surface area contributed by atoms with Crippen LogP contribution in [0.25, 0.3) is 0 Å². The van der Waals surface area contributed by atoms with Crippen LogP contribution in [-0.4, -0.2) is 27.1 Å². The Morgan fingerprint density at radius 1 is 1.44 bits per heavy atom. The van der Waals surface area contributed by atoms with Crippen molar-refractivity contribution in [3.05, 3.63) is 18.1 Å². The van der Waals surface area contributed by atoms with Gasteiger partial charge in [0.1, 0.15) is 18.2 Å². The number of carboxylic acids is 1. The highest BCUT2D eigenvalue weighted by molar-refractivity contribution is 5.76. The standard InChI is InChI=1S/C13H21N3O2/c1-4-5-6-10(13(17)18)16-12-7-11(9(2)3)14-8-15-12/h7-10H,4-6H2,1-3H3,(H,17,18)(H,14,15,16)/t10-/m0/s1. The summed E-state index contributed by atoms with van der Waals surface area (Å²) in [6, 6.07) is 1.23. The van der Waals surface area contributed by atoms with Crippen LogP contribution in [0.2, 0.25) is 0 Å². The molecule has 0 fully saturated rings. The first-order valence-electron chi connectivity index (χ1n) is 6.35. The molecule has 1 rings (SSSR count). The van der Waals surface area contributed by atoms with Crippen molar-refractivity contribution < 1.29 is 9.90 Å². The smallest absolute Gasteiger partial charge is 0.326 e. The zero-order valence-corrected chi connectivity index (χ0v) is 11.2. The summed E-state index contributed by atoms with van der Waals surface area (Å²) in [6.45, 7) is 6.12. The van der Waals surface area contributed by atoms with Crippen molar-refractivity contribution >= 4 is 11.8 Å². The SMILES string of the molecule is CCCC[C@H](Nc1cc(C(C)C)ncn1)C(=O)O. The number of carbonyl (C=O) groups is 1. The van der Waals surface area contributed by atoms with E-state index < -0.39 is 12.0 Å². The fourth-order valence-corrected chi connectivity index (χ4v) is 1.61. The predicted molar refractivity (Wildman–Crippen MR) is 70.7 cm³/mol. The molecule has 0 radical (unpaired) electrons. The molecule has 0 aliphatic rings. The van der Waals surface area contributed by atoms with Crippen molar-refractivity contribution in [1.29, 1.82) is 0 Å². The van der Waals surface area contributed by atoms with E-state index >= 15 is 0 Å². The summed E-state index contributed by atoms with van der Waals surface area (Å²) in [6.07, 6.45) is 3.93. The minimum Gasteiger partial charge on any atom is -0.480 e. The van der Waals surface area contributed by atoms with Crippen LogP contribution in [-0.2, 0) is 4.79 Å². The molecule has 0 amide bonds. The molecule has 2 N–H and O–H groups in total. The normalized spacial score (nSPS) is 12.4. The Bertz CT molecular complexity index is 394. The molecule has 1 atom stereocenters. The lowest BCUT2D eigenvalue weighted by Crippen LogP contribution is -2.29. The van der Waals surface area contributed by atoms with E-state index in [-0.39, 0.29) is 0 Å². The number of rotatable bonds is 7. The number of hydrogen-bond donors (Lipinski definition) is 2. The number of unbranched alkanes of at least 4 members (excludes halogenated alkanes) is 1. The number of anilines is 1. The predicted octanol–water partition coefficient (Wildman–Crippen LogP) is 2.66. The van der Waals surface area contributed by atoms with Gasteiger partial charge in [0.05, 0.1) is 0 Å². The topological polar surface area (TPSA) is 75.1 Å². The van der Waals surface area contributed by atoms with Crippen LogP contribution in [0.5, 0.6) is 0 Å². The van der Waals surface area contributed by atoms with Gasteiger partial charge in [-0.15, -0.1) is 0 Å². The number of aromatic nitrogens is 2. The van der Waals surface area contributed by atoms with Crippen molar-refractivity contribution in [3.8, 4) is 0 Å². The summed E-state index contributed by atoms with van der Waals surface area (Å²) >= 11 is 0. The highest BCUT2D eigenvalue weighted by Gasteiger charge is 2.17. The van der Waals surface area contributed by atoms with Crippen LogP contribution >= 0.6 is 0 Å².